The minimum absolute atomic E-state index is 0. The fourth-order valence-electron chi connectivity index (χ4n) is 1.13. The van der Waals surface area contributed by atoms with Crippen LogP contribution in [-0.4, -0.2) is 49.6 Å². The van der Waals surface area contributed by atoms with Crippen LogP contribution in [-0.2, 0) is 4.74 Å². The van der Waals surface area contributed by atoms with Crippen molar-refractivity contribution in [3.63, 3.8) is 0 Å². The number of aromatic hydroxyl groups is 1. The molecule has 0 bridgehead atoms. The van der Waals surface area contributed by atoms with E-state index in [9.17, 15) is 9.18 Å². The van der Waals surface area contributed by atoms with Crippen LogP contribution in [0.4, 0.5) is 4.39 Å². The number of rotatable bonds is 5. The van der Waals surface area contributed by atoms with Gasteiger partial charge in [0.05, 0.1) is 19.7 Å². The Morgan fingerprint density at radius 1 is 1.33 bits per heavy atom. The zero-order chi connectivity index (χ0) is 12.9. The molecule has 0 unspecified atom stereocenters. The van der Waals surface area contributed by atoms with E-state index >= 15 is 0 Å². The molecule has 102 valence electrons. The molecule has 0 aliphatic carbocycles. The maximum atomic E-state index is 12.5. The van der Waals surface area contributed by atoms with Crippen LogP contribution in [0, 0.1) is 0 Å². The standard InChI is InChI=1S/C12H16FNO3.BrH/c1-14(2,9-13)7-8-17-12(16)10-3-5-11(15)6-4-10;/h3-6H,7-9H2,1-2H3;1H. The monoisotopic (exact) mass is 321 g/mol. The van der Waals surface area contributed by atoms with Crippen LogP contribution in [0.1, 0.15) is 10.4 Å². The molecule has 0 radical (unpaired) electrons. The van der Waals surface area contributed by atoms with Crippen molar-refractivity contribution >= 4 is 5.97 Å². The molecule has 0 aliphatic heterocycles. The van der Waals surface area contributed by atoms with Gasteiger partial charge in [0.1, 0.15) is 18.9 Å². The summed E-state index contributed by atoms with van der Waals surface area (Å²) in [6.07, 6.45) is 0. The first kappa shape index (κ1) is 16.9. The first-order valence-electron chi connectivity index (χ1n) is 5.29. The number of carbonyl (C=O) groups excluding carboxylic acids is 1. The summed E-state index contributed by atoms with van der Waals surface area (Å²) in [5, 5.41) is 9.06. The van der Waals surface area contributed by atoms with Crippen molar-refractivity contribution < 1.29 is 40.5 Å². The fourth-order valence-corrected chi connectivity index (χ4v) is 1.13. The third-order valence-corrected chi connectivity index (χ3v) is 2.36. The van der Waals surface area contributed by atoms with Crippen LogP contribution >= 0.6 is 0 Å². The largest absolute Gasteiger partial charge is 1.00 e. The normalized spacial score (nSPS) is 10.6. The quantitative estimate of drug-likeness (QED) is 0.410. The van der Waals surface area contributed by atoms with E-state index in [0.29, 0.717) is 12.1 Å². The van der Waals surface area contributed by atoms with Gasteiger partial charge < -0.3 is 26.8 Å². The summed E-state index contributed by atoms with van der Waals surface area (Å²) in [6, 6.07) is 5.79. The third kappa shape index (κ3) is 5.46. The van der Waals surface area contributed by atoms with E-state index in [2.05, 4.69) is 0 Å². The lowest BCUT2D eigenvalue weighted by Crippen LogP contribution is -3.00. The Morgan fingerprint density at radius 2 is 1.89 bits per heavy atom. The van der Waals surface area contributed by atoms with Crippen LogP contribution in [0.2, 0.25) is 0 Å². The van der Waals surface area contributed by atoms with Crippen LogP contribution < -0.4 is 17.0 Å². The second-order valence-corrected chi connectivity index (χ2v) is 4.46. The Bertz CT molecular complexity index is 381. The maximum Gasteiger partial charge on any atom is 0.338 e. The Balaban J connectivity index is 0.00000289. The summed E-state index contributed by atoms with van der Waals surface area (Å²) in [5.41, 5.74) is 0.369. The predicted molar refractivity (Wildman–Crippen MR) is 61.3 cm³/mol. The minimum Gasteiger partial charge on any atom is -1.00 e. The van der Waals surface area contributed by atoms with Gasteiger partial charge in [-0.2, -0.15) is 4.39 Å². The summed E-state index contributed by atoms with van der Waals surface area (Å²) >= 11 is 0. The number of phenols is 1. The van der Waals surface area contributed by atoms with Gasteiger partial charge in [-0.25, -0.2) is 4.79 Å². The number of quaternary nitrogens is 1. The van der Waals surface area contributed by atoms with Crippen LogP contribution in [0.3, 0.4) is 0 Å². The van der Waals surface area contributed by atoms with Gasteiger partial charge in [0.2, 0.25) is 6.80 Å². The summed E-state index contributed by atoms with van der Waals surface area (Å²) in [5.74, 6) is -0.374. The number of carbonyl (C=O) groups is 1. The summed E-state index contributed by atoms with van der Waals surface area (Å²) in [7, 11) is 3.43. The first-order chi connectivity index (χ1) is 7.94. The molecule has 0 aromatic heterocycles. The molecule has 0 atom stereocenters. The highest BCUT2D eigenvalue weighted by molar-refractivity contribution is 5.89. The molecule has 1 aromatic carbocycles. The number of ether oxygens (including phenoxy) is 1. The van der Waals surface area contributed by atoms with Crippen LogP contribution in [0.5, 0.6) is 5.75 Å². The molecule has 6 heteroatoms. The zero-order valence-electron chi connectivity index (χ0n) is 10.4. The molecule has 0 saturated carbocycles. The van der Waals surface area contributed by atoms with E-state index in [4.69, 9.17) is 9.84 Å². The molecule has 1 rings (SSSR count). The van der Waals surface area contributed by atoms with E-state index in [1.165, 1.54) is 24.3 Å². The number of halogens is 2. The highest BCUT2D eigenvalue weighted by Gasteiger charge is 2.15. The molecule has 4 nitrogen and oxygen atoms in total. The molecular formula is C12H17BrFNO3. The topological polar surface area (TPSA) is 46.5 Å². The van der Waals surface area contributed by atoms with E-state index in [0.717, 1.165) is 0 Å². The van der Waals surface area contributed by atoms with Gasteiger partial charge in [0, 0.05) is 0 Å². The number of esters is 1. The van der Waals surface area contributed by atoms with E-state index < -0.39 is 12.8 Å². The molecule has 1 aromatic rings. The van der Waals surface area contributed by atoms with Crippen molar-refractivity contribution in [2.45, 2.75) is 0 Å². The Morgan fingerprint density at radius 3 is 2.39 bits per heavy atom. The van der Waals surface area contributed by atoms with Crippen molar-refractivity contribution in [3.8, 4) is 5.75 Å². The van der Waals surface area contributed by atoms with Crippen LogP contribution in [0.25, 0.3) is 0 Å². The Kier molecular flexibility index (Phi) is 6.86. The Labute approximate surface area is 116 Å². The molecule has 0 aliphatic rings. The number of alkyl halides is 1. The van der Waals surface area contributed by atoms with Crippen molar-refractivity contribution in [2.75, 3.05) is 34.0 Å². The van der Waals surface area contributed by atoms with Gasteiger partial charge in [-0.1, -0.05) is 0 Å². The lowest BCUT2D eigenvalue weighted by molar-refractivity contribution is -0.902. The average molecular weight is 322 g/mol. The van der Waals surface area contributed by atoms with Gasteiger partial charge in [-0.15, -0.1) is 0 Å². The number of hydrogen-bond donors (Lipinski definition) is 1. The number of nitrogens with zero attached hydrogens (tertiary/aromatic N) is 1. The molecule has 0 amide bonds. The fraction of sp³-hybridized carbons (Fsp3) is 0.417. The zero-order valence-corrected chi connectivity index (χ0v) is 12.0. The lowest BCUT2D eigenvalue weighted by atomic mass is 10.2. The molecule has 0 saturated heterocycles. The number of benzene rings is 1. The van der Waals surface area contributed by atoms with Gasteiger partial charge >= 0.3 is 5.97 Å². The molecule has 0 heterocycles. The van der Waals surface area contributed by atoms with E-state index in [1.54, 1.807) is 14.1 Å². The van der Waals surface area contributed by atoms with E-state index in [-0.39, 0.29) is 33.8 Å². The van der Waals surface area contributed by atoms with Crippen molar-refractivity contribution in [1.82, 2.24) is 0 Å². The average Bonchev–Trinajstić information content (AvgIpc) is 2.29. The highest BCUT2D eigenvalue weighted by atomic mass is 79.9. The highest BCUT2D eigenvalue weighted by Crippen LogP contribution is 2.10. The number of hydrogen-bond acceptors (Lipinski definition) is 3. The van der Waals surface area contributed by atoms with Crippen LogP contribution in [0.15, 0.2) is 24.3 Å². The second-order valence-electron chi connectivity index (χ2n) is 4.46. The third-order valence-electron chi connectivity index (χ3n) is 2.36. The number of likely N-dealkylation sites (N-methyl/N-ethyl adjacent to an activating group) is 1. The maximum absolute atomic E-state index is 12.5. The Hall–Kier alpha value is -1.14. The molecular weight excluding hydrogens is 305 g/mol. The van der Waals surface area contributed by atoms with Gasteiger partial charge in [-0.05, 0) is 24.3 Å². The molecule has 18 heavy (non-hydrogen) atoms. The molecule has 0 spiro atoms. The smallest absolute Gasteiger partial charge is 0.338 e. The van der Waals surface area contributed by atoms with Gasteiger partial charge in [0.25, 0.3) is 0 Å². The van der Waals surface area contributed by atoms with Crippen molar-refractivity contribution in [2.24, 2.45) is 0 Å². The van der Waals surface area contributed by atoms with Crippen molar-refractivity contribution in [3.05, 3.63) is 29.8 Å². The summed E-state index contributed by atoms with van der Waals surface area (Å²) < 4.78 is 17.6. The van der Waals surface area contributed by atoms with Crippen molar-refractivity contribution in [1.29, 1.82) is 0 Å². The number of phenolic OH excluding ortho intramolecular Hbond substituents is 1. The van der Waals surface area contributed by atoms with E-state index in [1.807, 2.05) is 0 Å². The first-order valence-corrected chi connectivity index (χ1v) is 5.29. The van der Waals surface area contributed by atoms with Gasteiger partial charge in [-0.3, -0.25) is 4.48 Å². The minimum atomic E-state index is -0.503. The SMILES string of the molecule is C[N+](C)(CF)CCOC(=O)c1ccc(O)cc1.[Br-]. The predicted octanol–water partition coefficient (Wildman–Crippen LogP) is -1.44. The lowest BCUT2D eigenvalue weighted by Gasteiger charge is -2.25. The summed E-state index contributed by atoms with van der Waals surface area (Å²) in [6.45, 7) is 0.0771. The summed E-state index contributed by atoms with van der Waals surface area (Å²) in [4.78, 5) is 11.5. The van der Waals surface area contributed by atoms with Gasteiger partial charge in [0.15, 0.2) is 0 Å². The molecule has 1 N–H and O–H groups in total. The molecule has 0 fully saturated rings. The second kappa shape index (κ2) is 7.33.